The maximum atomic E-state index is 12.1. The molecule has 1 aromatic carbocycles. The van der Waals surface area contributed by atoms with Crippen LogP contribution in [0, 0.1) is 6.92 Å². The maximum Gasteiger partial charge on any atom is 0.387 e. The Morgan fingerprint density at radius 1 is 1.25 bits per heavy atom. The number of carbonyl (C=O) groups is 2. The molecular formula is C15H14F2N2O5. The number of anilines is 1. The number of alkyl halides is 2. The molecule has 1 amide bonds. The van der Waals surface area contributed by atoms with Gasteiger partial charge in [-0.2, -0.15) is 8.78 Å². The number of rotatable bonds is 6. The lowest BCUT2D eigenvalue weighted by Gasteiger charge is -2.12. The van der Waals surface area contributed by atoms with Crippen LogP contribution in [0.2, 0.25) is 0 Å². The van der Waals surface area contributed by atoms with E-state index in [1.54, 1.807) is 6.92 Å². The molecule has 0 unspecified atom stereocenters. The molecule has 1 N–H and O–H groups in total. The van der Waals surface area contributed by atoms with Gasteiger partial charge in [0, 0.05) is 6.07 Å². The lowest BCUT2D eigenvalue weighted by atomic mass is 10.2. The third-order valence-corrected chi connectivity index (χ3v) is 2.85. The number of aryl methyl sites for hydroxylation is 1. The van der Waals surface area contributed by atoms with Crippen LogP contribution in [-0.2, 0) is 9.53 Å². The van der Waals surface area contributed by atoms with Crippen molar-refractivity contribution in [3.8, 4) is 5.75 Å². The van der Waals surface area contributed by atoms with Crippen LogP contribution in [-0.4, -0.2) is 29.7 Å². The van der Waals surface area contributed by atoms with E-state index in [0.717, 1.165) is 0 Å². The fourth-order valence-electron chi connectivity index (χ4n) is 1.71. The average molecular weight is 340 g/mol. The summed E-state index contributed by atoms with van der Waals surface area (Å²) in [5.41, 5.74) is 0.0912. The molecule has 0 aliphatic rings. The molecular weight excluding hydrogens is 326 g/mol. The monoisotopic (exact) mass is 340 g/mol. The molecule has 2 rings (SSSR count). The van der Waals surface area contributed by atoms with Crippen molar-refractivity contribution in [2.75, 3.05) is 5.32 Å². The highest BCUT2D eigenvalue weighted by Crippen LogP contribution is 2.16. The molecule has 0 bridgehead atoms. The fraction of sp³-hybridized carbons (Fsp3) is 0.267. The van der Waals surface area contributed by atoms with Gasteiger partial charge < -0.3 is 19.3 Å². The summed E-state index contributed by atoms with van der Waals surface area (Å²) in [6.07, 6.45) is -1.09. The van der Waals surface area contributed by atoms with Gasteiger partial charge in [-0.3, -0.25) is 4.79 Å². The van der Waals surface area contributed by atoms with Gasteiger partial charge >= 0.3 is 12.6 Å². The van der Waals surface area contributed by atoms with Crippen LogP contribution in [0.25, 0.3) is 0 Å². The third kappa shape index (κ3) is 4.77. The van der Waals surface area contributed by atoms with E-state index in [2.05, 4.69) is 15.2 Å². The molecule has 9 heteroatoms. The van der Waals surface area contributed by atoms with E-state index in [4.69, 9.17) is 9.26 Å². The molecule has 1 aromatic heterocycles. The normalized spacial score (nSPS) is 11.9. The summed E-state index contributed by atoms with van der Waals surface area (Å²) in [7, 11) is 0. The minimum atomic E-state index is -2.95. The summed E-state index contributed by atoms with van der Waals surface area (Å²) >= 11 is 0. The van der Waals surface area contributed by atoms with Crippen LogP contribution in [0.1, 0.15) is 23.0 Å². The van der Waals surface area contributed by atoms with Gasteiger partial charge in [0.1, 0.15) is 11.5 Å². The smallest absolute Gasteiger partial charge is 0.387 e. The van der Waals surface area contributed by atoms with Gasteiger partial charge in [0.2, 0.25) is 0 Å². The van der Waals surface area contributed by atoms with Gasteiger partial charge in [0.15, 0.2) is 11.9 Å². The van der Waals surface area contributed by atoms with Gasteiger partial charge in [-0.15, -0.1) is 0 Å². The first-order chi connectivity index (χ1) is 11.3. The molecule has 1 atom stereocenters. The third-order valence-electron chi connectivity index (χ3n) is 2.85. The van der Waals surface area contributed by atoms with E-state index in [1.807, 2.05) is 0 Å². The Balaban J connectivity index is 1.91. The van der Waals surface area contributed by atoms with Crippen LogP contribution in [0.3, 0.4) is 0 Å². The quantitative estimate of drug-likeness (QED) is 0.813. The van der Waals surface area contributed by atoms with Gasteiger partial charge in [0.25, 0.3) is 5.91 Å². The molecule has 128 valence electrons. The molecule has 0 saturated carbocycles. The highest BCUT2D eigenvalue weighted by Gasteiger charge is 2.20. The number of benzene rings is 1. The molecule has 0 radical (unpaired) electrons. The Labute approximate surface area is 135 Å². The van der Waals surface area contributed by atoms with Crippen molar-refractivity contribution in [3.63, 3.8) is 0 Å². The molecule has 0 fully saturated rings. The van der Waals surface area contributed by atoms with E-state index < -0.39 is 24.6 Å². The highest BCUT2D eigenvalue weighted by atomic mass is 19.3. The van der Waals surface area contributed by atoms with Crippen LogP contribution >= 0.6 is 0 Å². The zero-order chi connectivity index (χ0) is 17.7. The number of hydrogen-bond donors (Lipinski definition) is 1. The van der Waals surface area contributed by atoms with E-state index in [1.165, 1.54) is 37.3 Å². The van der Waals surface area contributed by atoms with E-state index in [9.17, 15) is 18.4 Å². The predicted octanol–water partition coefficient (Wildman–Crippen LogP) is 2.77. The number of nitrogens with zero attached hydrogens (tertiary/aromatic N) is 1. The Bertz CT molecular complexity index is 715. The van der Waals surface area contributed by atoms with Gasteiger partial charge in [-0.25, -0.2) is 4.79 Å². The second kappa shape index (κ2) is 7.53. The summed E-state index contributed by atoms with van der Waals surface area (Å²) in [6, 6.07) is 6.42. The Kier molecular flexibility index (Phi) is 5.46. The van der Waals surface area contributed by atoms with Crippen LogP contribution in [0.5, 0.6) is 5.75 Å². The zero-order valence-electron chi connectivity index (χ0n) is 12.8. The molecule has 24 heavy (non-hydrogen) atoms. The summed E-state index contributed by atoms with van der Waals surface area (Å²) < 4.78 is 38.1. The second-order valence-electron chi connectivity index (χ2n) is 4.76. The number of esters is 1. The standard InChI is InChI=1S/C15H14F2N2O5/c1-8-7-12(19-24-8)18-13(20)9(2)22-14(21)10-3-5-11(6-4-10)23-15(16)17/h3-7,9,15H,1-2H3,(H,18,19,20)/t9-/m1/s1. The Hall–Kier alpha value is -2.97. The van der Waals surface area contributed by atoms with Crippen LogP contribution < -0.4 is 10.1 Å². The number of amides is 1. The first-order valence-corrected chi connectivity index (χ1v) is 6.85. The number of ether oxygens (including phenoxy) is 2. The second-order valence-corrected chi connectivity index (χ2v) is 4.76. The van der Waals surface area contributed by atoms with Crippen molar-refractivity contribution < 1.29 is 32.4 Å². The van der Waals surface area contributed by atoms with Crippen LogP contribution in [0.15, 0.2) is 34.9 Å². The largest absolute Gasteiger partial charge is 0.449 e. The van der Waals surface area contributed by atoms with Gasteiger partial charge in [0.05, 0.1) is 5.56 Å². The summed E-state index contributed by atoms with van der Waals surface area (Å²) in [6.45, 7) is 0.0915. The number of aromatic nitrogens is 1. The topological polar surface area (TPSA) is 90.7 Å². The first kappa shape index (κ1) is 17.4. The van der Waals surface area contributed by atoms with Crippen molar-refractivity contribution >= 4 is 17.7 Å². The summed E-state index contributed by atoms with van der Waals surface area (Å²) in [5.74, 6) is -0.740. The molecule has 0 spiro atoms. The first-order valence-electron chi connectivity index (χ1n) is 6.85. The highest BCUT2D eigenvalue weighted by molar-refractivity contribution is 5.96. The predicted molar refractivity (Wildman–Crippen MR) is 77.8 cm³/mol. The minimum Gasteiger partial charge on any atom is -0.449 e. The molecule has 0 aliphatic carbocycles. The SMILES string of the molecule is Cc1cc(NC(=O)[C@@H](C)OC(=O)c2ccc(OC(F)F)cc2)no1. The Morgan fingerprint density at radius 2 is 1.92 bits per heavy atom. The molecule has 0 saturated heterocycles. The maximum absolute atomic E-state index is 12.1. The van der Waals surface area contributed by atoms with Crippen molar-refractivity contribution in [1.29, 1.82) is 0 Å². The van der Waals surface area contributed by atoms with Gasteiger partial charge in [-0.05, 0) is 38.1 Å². The lowest BCUT2D eigenvalue weighted by molar-refractivity contribution is -0.123. The fourth-order valence-corrected chi connectivity index (χ4v) is 1.71. The molecule has 1 heterocycles. The number of nitrogens with one attached hydrogen (secondary N) is 1. The van der Waals surface area contributed by atoms with E-state index in [-0.39, 0.29) is 17.1 Å². The number of hydrogen-bond acceptors (Lipinski definition) is 6. The zero-order valence-corrected chi connectivity index (χ0v) is 12.8. The van der Waals surface area contributed by atoms with E-state index >= 15 is 0 Å². The molecule has 7 nitrogen and oxygen atoms in total. The molecule has 0 aliphatic heterocycles. The number of halogens is 2. The van der Waals surface area contributed by atoms with Crippen molar-refractivity contribution in [3.05, 3.63) is 41.7 Å². The molecule has 2 aromatic rings. The number of carbonyl (C=O) groups excluding carboxylic acids is 2. The van der Waals surface area contributed by atoms with E-state index in [0.29, 0.717) is 5.76 Å². The minimum absolute atomic E-state index is 0.0891. The summed E-state index contributed by atoms with van der Waals surface area (Å²) in [4.78, 5) is 23.8. The van der Waals surface area contributed by atoms with Gasteiger partial charge in [-0.1, -0.05) is 5.16 Å². The lowest BCUT2D eigenvalue weighted by Crippen LogP contribution is -2.30. The summed E-state index contributed by atoms with van der Waals surface area (Å²) in [5, 5.41) is 6.01. The van der Waals surface area contributed by atoms with Crippen molar-refractivity contribution in [2.24, 2.45) is 0 Å². The van der Waals surface area contributed by atoms with Crippen molar-refractivity contribution in [2.45, 2.75) is 26.6 Å². The Morgan fingerprint density at radius 3 is 2.46 bits per heavy atom. The van der Waals surface area contributed by atoms with Crippen molar-refractivity contribution in [1.82, 2.24) is 5.16 Å². The average Bonchev–Trinajstić information content (AvgIpc) is 2.92. The van der Waals surface area contributed by atoms with Crippen LogP contribution in [0.4, 0.5) is 14.6 Å².